The lowest BCUT2D eigenvalue weighted by Gasteiger charge is -2.14. The standard InChI is InChI=1S/C9H11N5O5/c15-2-4-5(16)6(17)9(19-4)14-1-3-7(12-14)10-13-11-8(3)18/h1,4-6,9,15-17H,2H2,(H,10,11,12,18). The van der Waals surface area contributed by atoms with Gasteiger partial charge >= 0.3 is 0 Å². The third-order valence-electron chi connectivity index (χ3n) is 3.03. The Balaban J connectivity index is 2.01. The smallest absolute Gasteiger partial charge is 0.278 e. The van der Waals surface area contributed by atoms with Crippen molar-refractivity contribution in [1.82, 2.24) is 25.2 Å². The molecule has 0 radical (unpaired) electrons. The van der Waals surface area contributed by atoms with E-state index in [4.69, 9.17) is 9.84 Å². The third-order valence-corrected chi connectivity index (χ3v) is 3.03. The van der Waals surface area contributed by atoms with Gasteiger partial charge in [0.2, 0.25) is 5.65 Å². The zero-order chi connectivity index (χ0) is 13.6. The molecule has 10 heteroatoms. The quantitative estimate of drug-likeness (QED) is 0.455. The second-order valence-electron chi connectivity index (χ2n) is 4.22. The van der Waals surface area contributed by atoms with E-state index in [9.17, 15) is 15.0 Å². The average Bonchev–Trinajstić information content (AvgIpc) is 2.94. The average molecular weight is 269 g/mol. The number of aromatic amines is 1. The number of nitrogens with zero attached hydrogens (tertiary/aromatic N) is 4. The lowest BCUT2D eigenvalue weighted by molar-refractivity contribution is -0.0583. The Hall–Kier alpha value is -1.88. The molecule has 0 spiro atoms. The van der Waals surface area contributed by atoms with Crippen LogP contribution in [-0.4, -0.2) is 65.4 Å². The Bertz CT molecular complexity index is 654. The van der Waals surface area contributed by atoms with Crippen molar-refractivity contribution in [1.29, 1.82) is 0 Å². The second-order valence-corrected chi connectivity index (χ2v) is 4.22. The minimum Gasteiger partial charge on any atom is -0.394 e. The number of hydrogen-bond donors (Lipinski definition) is 4. The van der Waals surface area contributed by atoms with Crippen molar-refractivity contribution >= 4 is 11.0 Å². The van der Waals surface area contributed by atoms with Crippen LogP contribution in [0, 0.1) is 0 Å². The maximum absolute atomic E-state index is 11.5. The van der Waals surface area contributed by atoms with Gasteiger partial charge in [0.05, 0.1) is 6.61 Å². The number of rotatable bonds is 2. The largest absolute Gasteiger partial charge is 0.394 e. The van der Waals surface area contributed by atoms with Gasteiger partial charge in [0.1, 0.15) is 23.7 Å². The number of ether oxygens (including phenoxy) is 1. The van der Waals surface area contributed by atoms with Crippen LogP contribution in [0.1, 0.15) is 6.23 Å². The summed E-state index contributed by atoms with van der Waals surface area (Å²) in [7, 11) is 0. The van der Waals surface area contributed by atoms with Crippen LogP contribution in [0.4, 0.5) is 0 Å². The molecular weight excluding hydrogens is 258 g/mol. The van der Waals surface area contributed by atoms with Crippen molar-refractivity contribution in [2.45, 2.75) is 24.5 Å². The van der Waals surface area contributed by atoms with Crippen molar-refractivity contribution in [2.24, 2.45) is 0 Å². The normalized spacial score (nSPS) is 31.1. The molecule has 0 amide bonds. The van der Waals surface area contributed by atoms with Crippen LogP contribution in [0.25, 0.3) is 11.0 Å². The Morgan fingerprint density at radius 2 is 2.21 bits per heavy atom. The molecule has 2 aromatic heterocycles. The fourth-order valence-electron chi connectivity index (χ4n) is 2.02. The van der Waals surface area contributed by atoms with Gasteiger partial charge in [-0.25, -0.2) is 9.78 Å². The van der Waals surface area contributed by atoms with Gasteiger partial charge in [-0.3, -0.25) is 4.79 Å². The molecule has 1 aliphatic heterocycles. The maximum Gasteiger partial charge on any atom is 0.278 e. The van der Waals surface area contributed by atoms with E-state index in [0.29, 0.717) is 0 Å². The first-order chi connectivity index (χ1) is 9.11. The topological polar surface area (TPSA) is 146 Å². The minimum absolute atomic E-state index is 0.0986. The summed E-state index contributed by atoms with van der Waals surface area (Å²) >= 11 is 0. The van der Waals surface area contributed by atoms with Gasteiger partial charge in [0.15, 0.2) is 6.23 Å². The molecule has 10 nitrogen and oxygen atoms in total. The molecule has 4 atom stereocenters. The number of nitrogens with one attached hydrogen (secondary N) is 1. The fraction of sp³-hybridized carbons (Fsp3) is 0.556. The molecule has 102 valence electrons. The van der Waals surface area contributed by atoms with E-state index in [1.807, 2.05) is 0 Å². The molecule has 3 heterocycles. The molecular formula is C9H11N5O5. The Morgan fingerprint density at radius 1 is 1.42 bits per heavy atom. The zero-order valence-electron chi connectivity index (χ0n) is 9.54. The van der Waals surface area contributed by atoms with Crippen LogP contribution in [0.15, 0.2) is 11.0 Å². The first kappa shape index (κ1) is 12.2. The van der Waals surface area contributed by atoms with Crippen LogP contribution < -0.4 is 5.56 Å². The van der Waals surface area contributed by atoms with Crippen LogP contribution in [0.3, 0.4) is 0 Å². The van der Waals surface area contributed by atoms with E-state index < -0.39 is 36.7 Å². The summed E-state index contributed by atoms with van der Waals surface area (Å²) in [5.41, 5.74) is -0.371. The van der Waals surface area contributed by atoms with E-state index in [-0.39, 0.29) is 11.0 Å². The van der Waals surface area contributed by atoms with Crippen LogP contribution in [-0.2, 0) is 4.74 Å². The summed E-state index contributed by atoms with van der Waals surface area (Å²) in [5.74, 6) is 0. The maximum atomic E-state index is 11.5. The van der Waals surface area contributed by atoms with Gasteiger partial charge < -0.3 is 20.1 Å². The van der Waals surface area contributed by atoms with Gasteiger partial charge in [0, 0.05) is 6.20 Å². The Morgan fingerprint density at radius 3 is 2.84 bits per heavy atom. The predicted octanol–water partition coefficient (Wildman–Crippen LogP) is -2.87. The van der Waals surface area contributed by atoms with Crippen molar-refractivity contribution in [3.63, 3.8) is 0 Å². The van der Waals surface area contributed by atoms with Crippen molar-refractivity contribution in [2.75, 3.05) is 6.61 Å². The second kappa shape index (κ2) is 4.35. The van der Waals surface area contributed by atoms with Gasteiger partial charge in [-0.1, -0.05) is 5.21 Å². The molecule has 0 bridgehead atoms. The minimum atomic E-state index is -1.27. The molecule has 2 aromatic rings. The number of aliphatic hydroxyl groups excluding tert-OH is 3. The van der Waals surface area contributed by atoms with E-state index in [1.165, 1.54) is 10.9 Å². The fourth-order valence-corrected chi connectivity index (χ4v) is 2.02. The Kier molecular flexibility index (Phi) is 2.78. The summed E-state index contributed by atoms with van der Waals surface area (Å²) in [6.07, 6.45) is -3.06. The SMILES string of the molecule is O=c1[nH]nnc2nn(C3OC(CO)C(O)C3O)cc12. The molecule has 0 aliphatic carbocycles. The van der Waals surface area contributed by atoms with Gasteiger partial charge in [0.25, 0.3) is 5.56 Å². The highest BCUT2D eigenvalue weighted by atomic mass is 16.6. The number of aromatic nitrogens is 5. The number of hydrogen-bond acceptors (Lipinski definition) is 8. The molecule has 0 aromatic carbocycles. The molecule has 3 rings (SSSR count). The predicted molar refractivity (Wildman–Crippen MR) is 59.0 cm³/mol. The van der Waals surface area contributed by atoms with Crippen LogP contribution >= 0.6 is 0 Å². The van der Waals surface area contributed by atoms with Gasteiger partial charge in [-0.15, -0.1) is 10.2 Å². The molecule has 19 heavy (non-hydrogen) atoms. The summed E-state index contributed by atoms with van der Waals surface area (Å²) in [4.78, 5) is 11.5. The monoisotopic (exact) mass is 269 g/mol. The molecule has 1 saturated heterocycles. The van der Waals surface area contributed by atoms with Crippen molar-refractivity contribution < 1.29 is 20.1 Å². The lowest BCUT2D eigenvalue weighted by Crippen LogP contribution is -2.33. The highest BCUT2D eigenvalue weighted by Gasteiger charge is 2.43. The number of H-pyrrole nitrogens is 1. The summed E-state index contributed by atoms with van der Waals surface area (Å²) < 4.78 is 6.46. The highest BCUT2D eigenvalue weighted by Crippen LogP contribution is 2.29. The van der Waals surface area contributed by atoms with Crippen molar-refractivity contribution in [3.8, 4) is 0 Å². The molecule has 0 saturated carbocycles. The van der Waals surface area contributed by atoms with Gasteiger partial charge in [-0.2, -0.15) is 0 Å². The van der Waals surface area contributed by atoms with Gasteiger partial charge in [-0.05, 0) is 0 Å². The van der Waals surface area contributed by atoms with E-state index in [1.54, 1.807) is 0 Å². The molecule has 1 fully saturated rings. The van der Waals surface area contributed by atoms with Crippen LogP contribution in [0.5, 0.6) is 0 Å². The lowest BCUT2D eigenvalue weighted by atomic mass is 10.1. The Labute approximate surface area is 105 Å². The van der Waals surface area contributed by atoms with E-state index in [2.05, 4.69) is 20.5 Å². The van der Waals surface area contributed by atoms with Crippen molar-refractivity contribution in [3.05, 3.63) is 16.6 Å². The summed E-state index contributed by atoms with van der Waals surface area (Å²) in [6, 6.07) is 0. The molecule has 4 unspecified atom stereocenters. The summed E-state index contributed by atoms with van der Waals surface area (Å²) in [5, 5.41) is 41.8. The molecule has 4 N–H and O–H groups in total. The third kappa shape index (κ3) is 1.81. The highest BCUT2D eigenvalue weighted by molar-refractivity contribution is 5.71. The van der Waals surface area contributed by atoms with Crippen LogP contribution in [0.2, 0.25) is 0 Å². The first-order valence-electron chi connectivity index (χ1n) is 5.54. The first-order valence-corrected chi connectivity index (χ1v) is 5.54. The molecule has 1 aliphatic rings. The zero-order valence-corrected chi connectivity index (χ0v) is 9.54. The number of aliphatic hydroxyl groups is 3. The van der Waals surface area contributed by atoms with E-state index >= 15 is 0 Å². The summed E-state index contributed by atoms with van der Waals surface area (Å²) in [6.45, 7) is -0.435. The number of fused-ring (bicyclic) bond motifs is 1. The van der Waals surface area contributed by atoms with E-state index in [0.717, 1.165) is 0 Å².